The number of nitrogens with zero attached hydrogens (tertiary/aromatic N) is 2. The molecule has 0 unspecified atom stereocenters. The summed E-state index contributed by atoms with van der Waals surface area (Å²) >= 11 is 1.86. The van der Waals surface area contributed by atoms with Gasteiger partial charge in [0.2, 0.25) is 0 Å². The normalized spacial score (nSPS) is 16.2. The van der Waals surface area contributed by atoms with Crippen molar-refractivity contribution in [2.45, 2.75) is 26.2 Å². The first-order valence-corrected chi connectivity index (χ1v) is 8.25. The first-order valence-electron chi connectivity index (χ1n) is 7.43. The van der Waals surface area contributed by atoms with Gasteiger partial charge in [-0.3, -0.25) is 0 Å². The molecule has 0 aromatic carbocycles. The molecule has 2 aromatic heterocycles. The summed E-state index contributed by atoms with van der Waals surface area (Å²) in [6, 6.07) is 8.74. The van der Waals surface area contributed by atoms with E-state index in [1.807, 2.05) is 17.5 Å². The fourth-order valence-electron chi connectivity index (χ4n) is 2.41. The van der Waals surface area contributed by atoms with Crippen molar-refractivity contribution in [1.29, 1.82) is 0 Å². The van der Waals surface area contributed by atoms with Crippen LogP contribution in [0.1, 0.15) is 25.6 Å². The fraction of sp³-hybridized carbons (Fsp3) is 0.471. The molecule has 0 spiro atoms. The Balaban J connectivity index is 1.79. The molecule has 0 amide bonds. The number of hydrogen-bond donors (Lipinski definition) is 0. The largest absolute Gasteiger partial charge is 0.378 e. The SMILES string of the molecule is CC(C)(C)c1ccc(-c2ccc(N3CCOCC3)nc2)s1. The Kier molecular flexibility index (Phi) is 4.00. The molecule has 0 N–H and O–H groups in total. The van der Waals surface area contributed by atoms with E-state index in [2.05, 4.69) is 54.9 Å². The number of rotatable bonds is 2. The molecule has 4 heteroatoms. The zero-order chi connectivity index (χ0) is 14.9. The van der Waals surface area contributed by atoms with Crippen LogP contribution >= 0.6 is 11.3 Å². The van der Waals surface area contributed by atoms with Crippen LogP contribution in [0.15, 0.2) is 30.5 Å². The van der Waals surface area contributed by atoms with Gasteiger partial charge in [0.05, 0.1) is 13.2 Å². The Bertz CT molecular complexity index is 592. The smallest absolute Gasteiger partial charge is 0.128 e. The molecule has 0 atom stereocenters. The third-order valence-electron chi connectivity index (χ3n) is 3.71. The average molecular weight is 302 g/mol. The van der Waals surface area contributed by atoms with Gasteiger partial charge in [0.15, 0.2) is 0 Å². The summed E-state index contributed by atoms with van der Waals surface area (Å²) in [6.07, 6.45) is 1.99. The molecule has 1 aliphatic heterocycles. The van der Waals surface area contributed by atoms with Gasteiger partial charge in [0, 0.05) is 34.6 Å². The van der Waals surface area contributed by atoms with E-state index in [-0.39, 0.29) is 5.41 Å². The molecule has 0 bridgehead atoms. The molecule has 1 fully saturated rings. The van der Waals surface area contributed by atoms with Crippen molar-refractivity contribution in [3.63, 3.8) is 0 Å². The molecule has 3 rings (SSSR count). The van der Waals surface area contributed by atoms with Crippen molar-refractivity contribution in [3.05, 3.63) is 35.3 Å². The zero-order valence-electron chi connectivity index (χ0n) is 12.9. The van der Waals surface area contributed by atoms with Crippen molar-refractivity contribution in [1.82, 2.24) is 4.98 Å². The van der Waals surface area contributed by atoms with E-state index < -0.39 is 0 Å². The monoisotopic (exact) mass is 302 g/mol. The van der Waals surface area contributed by atoms with Gasteiger partial charge in [0.1, 0.15) is 5.82 Å². The van der Waals surface area contributed by atoms with Gasteiger partial charge < -0.3 is 9.64 Å². The predicted octanol–water partition coefficient (Wildman–Crippen LogP) is 3.94. The number of pyridine rings is 1. The summed E-state index contributed by atoms with van der Waals surface area (Å²) in [4.78, 5) is 9.61. The standard InChI is InChI=1S/C17H22N2OS/c1-17(2,3)15-6-5-14(21-15)13-4-7-16(18-12-13)19-8-10-20-11-9-19/h4-7,12H,8-11H2,1-3H3. The van der Waals surface area contributed by atoms with Crippen LogP contribution in [-0.2, 0) is 10.2 Å². The van der Waals surface area contributed by atoms with Crippen LogP contribution in [-0.4, -0.2) is 31.3 Å². The summed E-state index contributed by atoms with van der Waals surface area (Å²) in [5.74, 6) is 1.05. The third-order valence-corrected chi connectivity index (χ3v) is 5.27. The predicted molar refractivity (Wildman–Crippen MR) is 89.3 cm³/mol. The maximum Gasteiger partial charge on any atom is 0.128 e. The molecule has 0 aliphatic carbocycles. The number of ether oxygens (including phenoxy) is 1. The molecule has 1 aliphatic rings. The summed E-state index contributed by atoms with van der Waals surface area (Å²) < 4.78 is 5.38. The second-order valence-corrected chi connectivity index (χ2v) is 7.50. The molecule has 1 saturated heterocycles. The topological polar surface area (TPSA) is 25.4 Å². The Morgan fingerprint density at radius 3 is 2.43 bits per heavy atom. The van der Waals surface area contributed by atoms with Crippen LogP contribution < -0.4 is 4.90 Å². The fourth-order valence-corrected chi connectivity index (χ4v) is 3.46. The lowest BCUT2D eigenvalue weighted by molar-refractivity contribution is 0.122. The molecule has 2 aromatic rings. The van der Waals surface area contributed by atoms with Gasteiger partial charge in [-0.15, -0.1) is 11.3 Å². The number of hydrogen-bond acceptors (Lipinski definition) is 4. The van der Waals surface area contributed by atoms with Crippen molar-refractivity contribution < 1.29 is 4.74 Å². The number of morpholine rings is 1. The van der Waals surface area contributed by atoms with Gasteiger partial charge in [-0.1, -0.05) is 20.8 Å². The van der Waals surface area contributed by atoms with Crippen LogP contribution in [0, 0.1) is 0 Å². The summed E-state index contributed by atoms with van der Waals surface area (Å²) in [5.41, 5.74) is 1.41. The first kappa shape index (κ1) is 14.5. The summed E-state index contributed by atoms with van der Waals surface area (Å²) in [6.45, 7) is 10.2. The summed E-state index contributed by atoms with van der Waals surface area (Å²) in [5, 5.41) is 0. The van der Waals surface area contributed by atoms with Crippen LogP contribution in [0.25, 0.3) is 10.4 Å². The lowest BCUT2D eigenvalue weighted by Gasteiger charge is -2.27. The Morgan fingerprint density at radius 1 is 1.10 bits per heavy atom. The highest BCUT2D eigenvalue weighted by Gasteiger charge is 2.17. The van der Waals surface area contributed by atoms with Crippen LogP contribution in [0.2, 0.25) is 0 Å². The third kappa shape index (κ3) is 3.27. The van der Waals surface area contributed by atoms with E-state index in [0.29, 0.717) is 0 Å². The van der Waals surface area contributed by atoms with Crippen molar-refractivity contribution in [2.75, 3.05) is 31.2 Å². The minimum atomic E-state index is 0.212. The van der Waals surface area contributed by atoms with Gasteiger partial charge in [0.25, 0.3) is 0 Å². The molecule has 3 nitrogen and oxygen atoms in total. The van der Waals surface area contributed by atoms with Crippen LogP contribution in [0.4, 0.5) is 5.82 Å². The lowest BCUT2D eigenvalue weighted by Crippen LogP contribution is -2.36. The van der Waals surface area contributed by atoms with Gasteiger partial charge in [-0.25, -0.2) is 4.98 Å². The van der Waals surface area contributed by atoms with E-state index in [4.69, 9.17) is 4.74 Å². The van der Waals surface area contributed by atoms with Crippen molar-refractivity contribution in [2.24, 2.45) is 0 Å². The molecular weight excluding hydrogens is 280 g/mol. The first-order chi connectivity index (χ1) is 10.0. The molecule has 21 heavy (non-hydrogen) atoms. The maximum absolute atomic E-state index is 5.38. The minimum Gasteiger partial charge on any atom is -0.378 e. The highest BCUT2D eigenvalue weighted by atomic mass is 32.1. The van der Waals surface area contributed by atoms with E-state index in [9.17, 15) is 0 Å². The highest BCUT2D eigenvalue weighted by Crippen LogP contribution is 2.35. The van der Waals surface area contributed by atoms with Gasteiger partial charge in [-0.2, -0.15) is 0 Å². The second kappa shape index (κ2) is 5.78. The maximum atomic E-state index is 5.38. The van der Waals surface area contributed by atoms with Gasteiger partial charge >= 0.3 is 0 Å². The Morgan fingerprint density at radius 2 is 1.86 bits per heavy atom. The van der Waals surface area contributed by atoms with E-state index >= 15 is 0 Å². The minimum absolute atomic E-state index is 0.212. The molecule has 3 heterocycles. The summed E-state index contributed by atoms with van der Waals surface area (Å²) in [7, 11) is 0. The lowest BCUT2D eigenvalue weighted by atomic mass is 9.95. The molecule has 0 saturated carbocycles. The number of anilines is 1. The molecule has 112 valence electrons. The highest BCUT2D eigenvalue weighted by molar-refractivity contribution is 7.15. The number of aromatic nitrogens is 1. The van der Waals surface area contributed by atoms with Crippen molar-refractivity contribution in [3.8, 4) is 10.4 Å². The van der Waals surface area contributed by atoms with Crippen molar-refractivity contribution >= 4 is 17.2 Å². The number of thiophene rings is 1. The van der Waals surface area contributed by atoms with Crippen LogP contribution in [0.5, 0.6) is 0 Å². The molecular formula is C17H22N2OS. The zero-order valence-corrected chi connectivity index (χ0v) is 13.7. The quantitative estimate of drug-likeness (QED) is 0.840. The van der Waals surface area contributed by atoms with E-state index in [1.165, 1.54) is 15.3 Å². The Hall–Kier alpha value is -1.39. The van der Waals surface area contributed by atoms with Crippen LogP contribution in [0.3, 0.4) is 0 Å². The molecule has 0 radical (unpaired) electrons. The average Bonchev–Trinajstić information content (AvgIpc) is 2.98. The Labute approximate surface area is 130 Å². The van der Waals surface area contributed by atoms with Gasteiger partial charge in [-0.05, 0) is 29.7 Å². The second-order valence-electron chi connectivity index (χ2n) is 6.42. The van der Waals surface area contributed by atoms with E-state index in [1.54, 1.807) is 0 Å². The van der Waals surface area contributed by atoms with E-state index in [0.717, 1.165) is 32.1 Å².